The maximum Gasteiger partial charge on any atom is 0.171 e. The summed E-state index contributed by atoms with van der Waals surface area (Å²) < 4.78 is 2.00. The molecule has 0 spiro atoms. The summed E-state index contributed by atoms with van der Waals surface area (Å²) >= 11 is 0. The molecule has 0 aliphatic rings. The number of rotatable bonds is 2. The highest BCUT2D eigenvalue weighted by molar-refractivity contribution is 5.61. The molecule has 0 bridgehead atoms. The highest BCUT2D eigenvalue weighted by atomic mass is 15.2. The highest BCUT2D eigenvalue weighted by Crippen LogP contribution is 2.20. The van der Waals surface area contributed by atoms with Gasteiger partial charge < -0.3 is 0 Å². The van der Waals surface area contributed by atoms with Crippen LogP contribution in [0.1, 0.15) is 5.69 Å². The lowest BCUT2D eigenvalue weighted by molar-refractivity contribution is 1.06. The summed E-state index contributed by atoms with van der Waals surface area (Å²) in [6.45, 7) is 2.03. The van der Waals surface area contributed by atoms with Crippen molar-refractivity contribution >= 4 is 5.65 Å². The highest BCUT2D eigenvalue weighted by Gasteiger charge is 2.11. The van der Waals surface area contributed by atoms with Crippen LogP contribution >= 0.6 is 0 Å². The third-order valence-electron chi connectivity index (χ3n) is 3.57. The van der Waals surface area contributed by atoms with Gasteiger partial charge in [-0.3, -0.25) is 4.40 Å². The first-order valence-corrected chi connectivity index (χ1v) is 7.01. The van der Waals surface area contributed by atoms with Gasteiger partial charge in [0, 0.05) is 23.7 Å². The summed E-state index contributed by atoms with van der Waals surface area (Å²) in [4.78, 5) is 8.90. The Bertz CT molecular complexity index is 926. The van der Waals surface area contributed by atoms with E-state index in [1.807, 2.05) is 59.9 Å². The second kappa shape index (κ2) is 5.04. The van der Waals surface area contributed by atoms with Gasteiger partial charge in [0.2, 0.25) is 0 Å². The van der Waals surface area contributed by atoms with E-state index >= 15 is 0 Å². The van der Waals surface area contributed by atoms with Crippen molar-refractivity contribution < 1.29 is 0 Å². The molecule has 0 unspecified atom stereocenters. The first-order chi connectivity index (χ1) is 10.8. The molecular formula is C17H13N5. The zero-order valence-electron chi connectivity index (χ0n) is 12.0. The molecule has 0 amide bonds. The van der Waals surface area contributed by atoms with Gasteiger partial charge in [-0.2, -0.15) is 0 Å². The molecule has 22 heavy (non-hydrogen) atoms. The quantitative estimate of drug-likeness (QED) is 0.568. The predicted octanol–water partition coefficient (Wildman–Crippen LogP) is 3.16. The van der Waals surface area contributed by atoms with E-state index in [9.17, 15) is 0 Å². The third-order valence-corrected chi connectivity index (χ3v) is 3.57. The second-order valence-electron chi connectivity index (χ2n) is 5.05. The van der Waals surface area contributed by atoms with Gasteiger partial charge >= 0.3 is 0 Å². The van der Waals surface area contributed by atoms with Crippen molar-refractivity contribution in [3.63, 3.8) is 0 Å². The number of pyridine rings is 1. The van der Waals surface area contributed by atoms with Crippen LogP contribution in [-0.4, -0.2) is 24.6 Å². The molecule has 106 valence electrons. The van der Waals surface area contributed by atoms with Gasteiger partial charge in [0.05, 0.1) is 5.56 Å². The summed E-state index contributed by atoms with van der Waals surface area (Å²) in [6, 6.07) is 15.8. The Balaban J connectivity index is 1.80. The number of fused-ring (bicyclic) bond motifs is 1. The van der Waals surface area contributed by atoms with Crippen LogP contribution in [0.5, 0.6) is 0 Å². The fourth-order valence-electron chi connectivity index (χ4n) is 2.47. The van der Waals surface area contributed by atoms with E-state index in [2.05, 4.69) is 20.2 Å². The predicted molar refractivity (Wildman–Crippen MR) is 84.2 cm³/mol. The summed E-state index contributed by atoms with van der Waals surface area (Å²) in [7, 11) is 0. The molecule has 0 atom stereocenters. The van der Waals surface area contributed by atoms with Crippen LogP contribution in [-0.2, 0) is 0 Å². The zero-order valence-corrected chi connectivity index (χ0v) is 12.0. The topological polar surface area (TPSA) is 56.0 Å². The molecule has 0 aliphatic carbocycles. The van der Waals surface area contributed by atoms with Crippen molar-refractivity contribution in [1.82, 2.24) is 24.6 Å². The molecule has 0 saturated heterocycles. The first kappa shape index (κ1) is 12.6. The molecule has 4 rings (SSSR count). The molecule has 5 heteroatoms. The molecule has 0 radical (unpaired) electrons. The molecule has 0 aliphatic heterocycles. The van der Waals surface area contributed by atoms with Gasteiger partial charge in [0.15, 0.2) is 17.3 Å². The SMILES string of the molecule is Cc1cccc2nnc(-c3cnc(-c4ccccc4)nc3)n12. The van der Waals surface area contributed by atoms with Crippen molar-refractivity contribution in [1.29, 1.82) is 0 Å². The van der Waals surface area contributed by atoms with E-state index < -0.39 is 0 Å². The fraction of sp³-hybridized carbons (Fsp3) is 0.0588. The summed E-state index contributed by atoms with van der Waals surface area (Å²) in [6.07, 6.45) is 3.58. The van der Waals surface area contributed by atoms with E-state index in [1.165, 1.54) is 0 Å². The minimum absolute atomic E-state index is 0.704. The molecule has 0 fully saturated rings. The molecule has 1 aromatic carbocycles. The Hall–Kier alpha value is -3.08. The minimum atomic E-state index is 0.704. The Kier molecular flexibility index (Phi) is 2.89. The Morgan fingerprint density at radius 1 is 0.773 bits per heavy atom. The van der Waals surface area contributed by atoms with Crippen LogP contribution in [0.2, 0.25) is 0 Å². The molecule has 0 saturated carbocycles. The van der Waals surface area contributed by atoms with Gasteiger partial charge in [-0.05, 0) is 19.1 Å². The van der Waals surface area contributed by atoms with Gasteiger partial charge in [-0.25, -0.2) is 9.97 Å². The summed E-state index contributed by atoms with van der Waals surface area (Å²) in [5, 5.41) is 8.46. The van der Waals surface area contributed by atoms with Gasteiger partial charge in [-0.15, -0.1) is 10.2 Å². The van der Waals surface area contributed by atoms with Gasteiger partial charge in [0.25, 0.3) is 0 Å². The largest absolute Gasteiger partial charge is 0.280 e. The van der Waals surface area contributed by atoms with Crippen molar-refractivity contribution in [3.8, 4) is 22.8 Å². The van der Waals surface area contributed by atoms with Crippen LogP contribution in [0.15, 0.2) is 60.9 Å². The standard InChI is InChI=1S/C17H13N5/c1-12-6-5-9-15-20-21-17(22(12)15)14-10-18-16(19-11-14)13-7-3-2-4-8-13/h2-11H,1H3. The van der Waals surface area contributed by atoms with Crippen molar-refractivity contribution in [3.05, 3.63) is 66.6 Å². The lowest BCUT2D eigenvalue weighted by Gasteiger charge is -2.04. The lowest BCUT2D eigenvalue weighted by Crippen LogP contribution is -1.96. The first-order valence-electron chi connectivity index (χ1n) is 7.01. The van der Waals surface area contributed by atoms with Crippen molar-refractivity contribution in [2.45, 2.75) is 6.92 Å². The zero-order chi connectivity index (χ0) is 14.9. The van der Waals surface area contributed by atoms with E-state index in [-0.39, 0.29) is 0 Å². The number of hydrogen-bond acceptors (Lipinski definition) is 4. The molecule has 4 aromatic rings. The Labute approximate surface area is 127 Å². The molecule has 3 heterocycles. The normalized spacial score (nSPS) is 11.0. The van der Waals surface area contributed by atoms with Crippen LogP contribution in [0, 0.1) is 6.92 Å². The average Bonchev–Trinajstić information content (AvgIpc) is 3.01. The van der Waals surface area contributed by atoms with Crippen LogP contribution in [0.25, 0.3) is 28.4 Å². The second-order valence-corrected chi connectivity index (χ2v) is 5.05. The van der Waals surface area contributed by atoms with Crippen LogP contribution < -0.4 is 0 Å². The third kappa shape index (κ3) is 2.03. The summed E-state index contributed by atoms with van der Waals surface area (Å²) in [5.74, 6) is 1.46. The van der Waals surface area contributed by atoms with Crippen LogP contribution in [0.3, 0.4) is 0 Å². The molecule has 0 N–H and O–H groups in total. The molecular weight excluding hydrogens is 274 g/mol. The van der Waals surface area contributed by atoms with E-state index in [1.54, 1.807) is 12.4 Å². The Morgan fingerprint density at radius 3 is 2.32 bits per heavy atom. The minimum Gasteiger partial charge on any atom is -0.280 e. The summed E-state index contributed by atoms with van der Waals surface area (Å²) in [5.41, 5.74) is 3.74. The smallest absolute Gasteiger partial charge is 0.171 e. The number of aryl methyl sites for hydroxylation is 1. The monoisotopic (exact) mass is 287 g/mol. The molecule has 3 aromatic heterocycles. The van der Waals surface area contributed by atoms with Crippen molar-refractivity contribution in [2.75, 3.05) is 0 Å². The average molecular weight is 287 g/mol. The fourth-order valence-corrected chi connectivity index (χ4v) is 2.47. The Morgan fingerprint density at radius 2 is 1.55 bits per heavy atom. The maximum atomic E-state index is 4.45. The van der Waals surface area contributed by atoms with Crippen molar-refractivity contribution in [2.24, 2.45) is 0 Å². The van der Waals surface area contributed by atoms with Gasteiger partial charge in [-0.1, -0.05) is 36.4 Å². The van der Waals surface area contributed by atoms with Gasteiger partial charge in [0.1, 0.15) is 0 Å². The maximum absolute atomic E-state index is 4.45. The number of aromatic nitrogens is 5. The number of benzene rings is 1. The number of nitrogens with zero attached hydrogens (tertiary/aromatic N) is 5. The van der Waals surface area contributed by atoms with E-state index in [0.29, 0.717) is 5.82 Å². The van der Waals surface area contributed by atoms with Crippen LogP contribution in [0.4, 0.5) is 0 Å². The van der Waals surface area contributed by atoms with E-state index in [4.69, 9.17) is 0 Å². The lowest BCUT2D eigenvalue weighted by atomic mass is 10.2. The molecule has 5 nitrogen and oxygen atoms in total. The number of hydrogen-bond donors (Lipinski definition) is 0. The van der Waals surface area contributed by atoms with E-state index in [0.717, 1.165) is 28.3 Å².